The van der Waals surface area contributed by atoms with Crippen molar-refractivity contribution in [1.29, 1.82) is 0 Å². The first-order chi connectivity index (χ1) is 8.72. The smallest absolute Gasteiger partial charge is 0.177 e. The van der Waals surface area contributed by atoms with Crippen LogP contribution in [0, 0.1) is 0 Å². The molecule has 2 aromatic heterocycles. The molecule has 0 aliphatic heterocycles. The summed E-state index contributed by atoms with van der Waals surface area (Å²) in [6, 6.07) is 9.17. The number of halogens is 1. The van der Waals surface area contributed by atoms with Gasteiger partial charge in [0.15, 0.2) is 10.8 Å². The van der Waals surface area contributed by atoms with Crippen LogP contribution in [0.1, 0.15) is 0 Å². The highest BCUT2D eigenvalue weighted by molar-refractivity contribution is 6.29. The summed E-state index contributed by atoms with van der Waals surface area (Å²) in [6.07, 6.45) is 3.42. The van der Waals surface area contributed by atoms with Crippen molar-refractivity contribution < 1.29 is 0 Å². The number of nitrogens with two attached hydrogens (primary N) is 1. The first-order valence-electron chi connectivity index (χ1n) is 5.35. The normalized spacial score (nSPS) is 10.7. The summed E-state index contributed by atoms with van der Waals surface area (Å²) in [4.78, 5) is 4.23. The number of nitrogen functional groups attached to an aromatic ring is 1. The van der Waals surface area contributed by atoms with Gasteiger partial charge in [0.1, 0.15) is 0 Å². The maximum Gasteiger partial charge on any atom is 0.177 e. The average Bonchev–Trinajstić information content (AvgIpc) is 2.80. The van der Waals surface area contributed by atoms with Crippen molar-refractivity contribution in [1.82, 2.24) is 14.6 Å². The molecule has 1 aromatic carbocycles. The maximum atomic E-state index is 5.95. The molecule has 0 amide bonds. The zero-order valence-electron chi connectivity index (χ0n) is 9.34. The minimum atomic E-state index is 0.401. The number of aromatic nitrogens is 3. The maximum absolute atomic E-state index is 5.95. The lowest BCUT2D eigenvalue weighted by molar-refractivity contribution is 0.938. The molecule has 5 nitrogen and oxygen atoms in total. The van der Waals surface area contributed by atoms with E-state index in [9.17, 15) is 0 Å². The quantitative estimate of drug-likeness (QED) is 0.695. The monoisotopic (exact) mass is 259 g/mol. The molecule has 3 N–H and O–H groups in total. The Morgan fingerprint density at radius 3 is 2.78 bits per heavy atom. The molecule has 0 atom stereocenters. The molecular formula is C12H10ClN5. The predicted molar refractivity (Wildman–Crippen MR) is 72.1 cm³/mol. The Labute approximate surface area is 108 Å². The van der Waals surface area contributed by atoms with Gasteiger partial charge in [-0.05, 0) is 24.3 Å². The molecule has 3 rings (SSSR count). The summed E-state index contributed by atoms with van der Waals surface area (Å²) >= 11 is 5.95. The third-order valence-corrected chi connectivity index (χ3v) is 2.70. The molecule has 0 saturated carbocycles. The van der Waals surface area contributed by atoms with Crippen molar-refractivity contribution in [2.75, 3.05) is 11.1 Å². The molecule has 0 unspecified atom stereocenters. The molecule has 90 valence electrons. The van der Waals surface area contributed by atoms with E-state index in [2.05, 4.69) is 15.4 Å². The van der Waals surface area contributed by atoms with Crippen LogP contribution in [-0.4, -0.2) is 14.6 Å². The van der Waals surface area contributed by atoms with Crippen LogP contribution in [0.5, 0.6) is 0 Å². The zero-order chi connectivity index (χ0) is 12.5. The summed E-state index contributed by atoms with van der Waals surface area (Å²) in [5.41, 5.74) is 8.79. The predicted octanol–water partition coefficient (Wildman–Crippen LogP) is 2.71. The molecule has 0 bridgehead atoms. The number of nitrogens with one attached hydrogen (secondary N) is 1. The standard InChI is InChI=1S/C12H10ClN5/c13-11-7-10(12-15-5-6-18(12)17-11)16-9-3-1-8(14)2-4-9/h1-7,16H,14H2. The van der Waals surface area contributed by atoms with E-state index >= 15 is 0 Å². The number of imidazole rings is 1. The highest BCUT2D eigenvalue weighted by Gasteiger charge is 2.06. The Kier molecular flexibility index (Phi) is 2.53. The third kappa shape index (κ3) is 1.96. The van der Waals surface area contributed by atoms with Gasteiger partial charge in [-0.2, -0.15) is 5.10 Å². The van der Waals surface area contributed by atoms with Gasteiger partial charge in [0.25, 0.3) is 0 Å². The number of benzene rings is 1. The Hall–Kier alpha value is -2.27. The van der Waals surface area contributed by atoms with Gasteiger partial charge in [0.2, 0.25) is 0 Å². The minimum absolute atomic E-state index is 0.401. The van der Waals surface area contributed by atoms with Gasteiger partial charge in [-0.25, -0.2) is 9.50 Å². The van der Waals surface area contributed by atoms with Gasteiger partial charge in [0.05, 0.1) is 5.69 Å². The van der Waals surface area contributed by atoms with Crippen LogP contribution in [0.3, 0.4) is 0 Å². The second kappa shape index (κ2) is 4.19. The highest BCUT2D eigenvalue weighted by atomic mass is 35.5. The van der Waals surface area contributed by atoms with E-state index in [4.69, 9.17) is 17.3 Å². The molecule has 6 heteroatoms. The number of fused-ring (bicyclic) bond motifs is 1. The molecule has 18 heavy (non-hydrogen) atoms. The van der Waals surface area contributed by atoms with Crippen LogP contribution in [0.4, 0.5) is 17.1 Å². The van der Waals surface area contributed by atoms with Crippen LogP contribution in [0.25, 0.3) is 5.65 Å². The van der Waals surface area contributed by atoms with Crippen LogP contribution >= 0.6 is 11.6 Å². The molecule has 0 saturated heterocycles. The first kappa shape index (κ1) is 10.9. The molecule has 0 aliphatic carbocycles. The Bertz CT molecular complexity index is 689. The fraction of sp³-hybridized carbons (Fsp3) is 0. The van der Waals surface area contributed by atoms with Gasteiger partial charge in [0, 0.05) is 29.8 Å². The number of hydrogen-bond acceptors (Lipinski definition) is 4. The molecule has 0 spiro atoms. The van der Waals surface area contributed by atoms with E-state index < -0.39 is 0 Å². The number of nitrogens with zero attached hydrogens (tertiary/aromatic N) is 3. The number of anilines is 3. The van der Waals surface area contributed by atoms with Gasteiger partial charge in [-0.1, -0.05) is 11.6 Å². The molecule has 0 fully saturated rings. The molecule has 0 aliphatic rings. The Morgan fingerprint density at radius 1 is 1.22 bits per heavy atom. The summed E-state index contributed by atoms with van der Waals surface area (Å²) in [5, 5.41) is 7.75. The lowest BCUT2D eigenvalue weighted by Crippen LogP contribution is -1.98. The summed E-state index contributed by atoms with van der Waals surface area (Å²) in [5.74, 6) is 0. The van der Waals surface area contributed by atoms with E-state index in [0.29, 0.717) is 5.15 Å². The SMILES string of the molecule is Nc1ccc(Nc2cc(Cl)nn3ccnc23)cc1. The number of hydrogen-bond donors (Lipinski definition) is 2. The van der Waals surface area contributed by atoms with Crippen LogP contribution in [0.15, 0.2) is 42.7 Å². The van der Waals surface area contributed by atoms with E-state index in [1.54, 1.807) is 23.0 Å². The summed E-state index contributed by atoms with van der Waals surface area (Å²) < 4.78 is 1.63. The summed E-state index contributed by atoms with van der Waals surface area (Å²) in [6.45, 7) is 0. The van der Waals surface area contributed by atoms with Gasteiger partial charge in [-0.15, -0.1) is 0 Å². The van der Waals surface area contributed by atoms with Crippen molar-refractivity contribution in [3.63, 3.8) is 0 Å². The van der Waals surface area contributed by atoms with E-state index in [-0.39, 0.29) is 0 Å². The first-order valence-corrected chi connectivity index (χ1v) is 5.72. The van der Waals surface area contributed by atoms with Gasteiger partial charge >= 0.3 is 0 Å². The lowest BCUT2D eigenvalue weighted by atomic mass is 10.3. The lowest BCUT2D eigenvalue weighted by Gasteiger charge is -2.08. The molecule has 2 heterocycles. The average molecular weight is 260 g/mol. The highest BCUT2D eigenvalue weighted by Crippen LogP contribution is 2.23. The largest absolute Gasteiger partial charge is 0.399 e. The van der Waals surface area contributed by atoms with Gasteiger partial charge < -0.3 is 11.1 Å². The fourth-order valence-corrected chi connectivity index (χ4v) is 1.89. The van der Waals surface area contributed by atoms with Crippen molar-refractivity contribution in [2.45, 2.75) is 0 Å². The van der Waals surface area contributed by atoms with Gasteiger partial charge in [-0.3, -0.25) is 0 Å². The molecule has 0 radical (unpaired) electrons. The third-order valence-electron chi connectivity index (χ3n) is 2.52. The second-order valence-electron chi connectivity index (χ2n) is 3.82. The molecular weight excluding hydrogens is 250 g/mol. The fourth-order valence-electron chi connectivity index (χ4n) is 1.70. The topological polar surface area (TPSA) is 68.2 Å². The van der Waals surface area contributed by atoms with Crippen LogP contribution in [-0.2, 0) is 0 Å². The van der Waals surface area contributed by atoms with E-state index in [1.165, 1.54) is 0 Å². The van der Waals surface area contributed by atoms with E-state index in [0.717, 1.165) is 22.7 Å². The van der Waals surface area contributed by atoms with Crippen LogP contribution in [0.2, 0.25) is 5.15 Å². The zero-order valence-corrected chi connectivity index (χ0v) is 10.1. The van der Waals surface area contributed by atoms with Crippen LogP contribution < -0.4 is 11.1 Å². The Balaban J connectivity index is 2.03. The van der Waals surface area contributed by atoms with Crippen molar-refractivity contribution in [3.05, 3.63) is 47.9 Å². The Morgan fingerprint density at radius 2 is 2.00 bits per heavy atom. The van der Waals surface area contributed by atoms with Crippen molar-refractivity contribution in [2.24, 2.45) is 0 Å². The van der Waals surface area contributed by atoms with E-state index in [1.807, 2.05) is 24.3 Å². The molecule has 3 aromatic rings. The van der Waals surface area contributed by atoms with Crippen molar-refractivity contribution >= 4 is 34.3 Å². The minimum Gasteiger partial charge on any atom is -0.399 e. The second-order valence-corrected chi connectivity index (χ2v) is 4.21. The summed E-state index contributed by atoms with van der Waals surface area (Å²) in [7, 11) is 0. The number of rotatable bonds is 2. The van der Waals surface area contributed by atoms with Crippen molar-refractivity contribution in [3.8, 4) is 0 Å².